The number of ether oxygens (including phenoxy) is 2. The summed E-state index contributed by atoms with van der Waals surface area (Å²) in [6.45, 7) is 10.4. The van der Waals surface area contributed by atoms with E-state index in [4.69, 9.17) is 9.47 Å². The van der Waals surface area contributed by atoms with Crippen LogP contribution >= 0.6 is 0 Å². The molecule has 2 saturated heterocycles. The summed E-state index contributed by atoms with van der Waals surface area (Å²) in [4.78, 5) is 16.4. The maximum absolute atomic E-state index is 12.4. The number of piperazine rings is 1. The molecule has 0 radical (unpaired) electrons. The van der Waals surface area contributed by atoms with Gasteiger partial charge < -0.3 is 19.5 Å². The molecule has 0 aromatic rings. The molecule has 2 rings (SSSR count). The lowest BCUT2D eigenvalue weighted by atomic mass is 10.1. The van der Waals surface area contributed by atoms with Crippen molar-refractivity contribution in [2.45, 2.75) is 51.4 Å². The summed E-state index contributed by atoms with van der Waals surface area (Å²) in [6.07, 6.45) is 1.85. The molecule has 2 heterocycles. The topological polar surface area (TPSA) is 62.2 Å². The largest absolute Gasteiger partial charge is 0.389 e. The molecule has 0 spiro atoms. The van der Waals surface area contributed by atoms with Crippen LogP contribution in [0, 0.1) is 0 Å². The van der Waals surface area contributed by atoms with Gasteiger partial charge in [-0.25, -0.2) is 0 Å². The van der Waals surface area contributed by atoms with E-state index in [1.54, 1.807) is 0 Å². The van der Waals surface area contributed by atoms with Crippen LogP contribution in [-0.2, 0) is 14.3 Å². The monoisotopic (exact) mass is 314 g/mol. The molecule has 2 aliphatic rings. The number of β-amino-alcohol motifs (C(OH)–C–C–N with tert-alkyl or cyclic N) is 1. The highest BCUT2D eigenvalue weighted by Gasteiger charge is 2.28. The predicted octanol–water partition coefficient (Wildman–Crippen LogP) is 0.486. The SMILES string of the molecule is C[C@@H](OC[C@H]1CCCO1)C(=O)N1CCN(CC(C)(C)O)CC1. The van der Waals surface area contributed by atoms with Crippen LogP contribution in [0.4, 0.5) is 0 Å². The molecule has 0 saturated carbocycles. The zero-order chi connectivity index (χ0) is 16.2. The van der Waals surface area contributed by atoms with Gasteiger partial charge in [0.05, 0.1) is 18.3 Å². The summed E-state index contributed by atoms with van der Waals surface area (Å²) in [5, 5.41) is 9.85. The molecule has 1 N–H and O–H groups in total. The Balaban J connectivity index is 1.69. The Morgan fingerprint density at radius 3 is 2.59 bits per heavy atom. The fourth-order valence-electron chi connectivity index (χ4n) is 3.03. The van der Waals surface area contributed by atoms with Gasteiger partial charge in [0.15, 0.2) is 0 Å². The minimum absolute atomic E-state index is 0.0564. The first kappa shape index (κ1) is 17.7. The number of carbonyl (C=O) groups is 1. The van der Waals surface area contributed by atoms with Crippen molar-refractivity contribution in [3.05, 3.63) is 0 Å². The van der Waals surface area contributed by atoms with Gasteiger partial charge in [-0.1, -0.05) is 0 Å². The fourth-order valence-corrected chi connectivity index (χ4v) is 3.03. The van der Waals surface area contributed by atoms with Crippen LogP contribution in [0.1, 0.15) is 33.6 Å². The molecule has 1 amide bonds. The van der Waals surface area contributed by atoms with E-state index in [0.29, 0.717) is 26.2 Å². The third-order valence-corrected chi connectivity index (χ3v) is 4.20. The number of rotatable bonds is 6. The van der Waals surface area contributed by atoms with Gasteiger partial charge in [-0.05, 0) is 33.6 Å². The number of hydrogen-bond acceptors (Lipinski definition) is 5. The summed E-state index contributed by atoms with van der Waals surface area (Å²) >= 11 is 0. The molecule has 0 unspecified atom stereocenters. The minimum Gasteiger partial charge on any atom is -0.389 e. The van der Waals surface area contributed by atoms with Gasteiger partial charge in [-0.15, -0.1) is 0 Å². The first-order valence-electron chi connectivity index (χ1n) is 8.32. The van der Waals surface area contributed by atoms with E-state index in [1.165, 1.54) is 0 Å². The molecule has 22 heavy (non-hydrogen) atoms. The van der Waals surface area contributed by atoms with Gasteiger partial charge in [0.2, 0.25) is 0 Å². The summed E-state index contributed by atoms with van der Waals surface area (Å²) < 4.78 is 11.2. The first-order chi connectivity index (χ1) is 10.3. The molecular formula is C16H30N2O4. The lowest BCUT2D eigenvalue weighted by molar-refractivity contribution is -0.146. The molecule has 2 fully saturated rings. The average molecular weight is 314 g/mol. The molecule has 2 atom stereocenters. The van der Waals surface area contributed by atoms with Gasteiger partial charge in [-0.2, -0.15) is 0 Å². The van der Waals surface area contributed by atoms with Crippen molar-refractivity contribution >= 4 is 5.91 Å². The molecule has 0 aromatic carbocycles. The highest BCUT2D eigenvalue weighted by Crippen LogP contribution is 2.14. The van der Waals surface area contributed by atoms with Crippen molar-refractivity contribution in [3.63, 3.8) is 0 Å². The highest BCUT2D eigenvalue weighted by atomic mass is 16.5. The quantitative estimate of drug-likeness (QED) is 0.773. The second kappa shape index (κ2) is 7.73. The van der Waals surface area contributed by atoms with Crippen LogP contribution in [0.3, 0.4) is 0 Å². The molecule has 2 aliphatic heterocycles. The van der Waals surface area contributed by atoms with Gasteiger partial charge in [-0.3, -0.25) is 9.69 Å². The molecule has 0 aliphatic carbocycles. The van der Waals surface area contributed by atoms with Gasteiger partial charge in [0, 0.05) is 39.3 Å². The van der Waals surface area contributed by atoms with E-state index in [9.17, 15) is 9.90 Å². The summed E-state index contributed by atoms with van der Waals surface area (Å²) in [5.74, 6) is 0.0564. The molecule has 0 aromatic heterocycles. The van der Waals surface area contributed by atoms with E-state index in [0.717, 1.165) is 32.5 Å². The molecule has 6 heteroatoms. The molecule has 128 valence electrons. The maximum Gasteiger partial charge on any atom is 0.251 e. The number of hydrogen-bond donors (Lipinski definition) is 1. The zero-order valence-electron chi connectivity index (χ0n) is 14.1. The number of carbonyl (C=O) groups excluding carboxylic acids is 1. The van der Waals surface area contributed by atoms with Gasteiger partial charge in [0.1, 0.15) is 6.10 Å². The molecule has 0 bridgehead atoms. The van der Waals surface area contributed by atoms with Crippen molar-refractivity contribution in [1.82, 2.24) is 9.80 Å². The Morgan fingerprint density at radius 1 is 1.36 bits per heavy atom. The van der Waals surface area contributed by atoms with E-state index in [-0.39, 0.29) is 12.0 Å². The van der Waals surface area contributed by atoms with Crippen molar-refractivity contribution < 1.29 is 19.4 Å². The van der Waals surface area contributed by atoms with Gasteiger partial charge in [0.25, 0.3) is 5.91 Å². The summed E-state index contributed by atoms with van der Waals surface area (Å²) in [6, 6.07) is 0. The Labute approximate surface area is 133 Å². The lowest BCUT2D eigenvalue weighted by Gasteiger charge is -2.38. The molecule has 6 nitrogen and oxygen atoms in total. The average Bonchev–Trinajstić information content (AvgIpc) is 2.96. The second-order valence-electron chi connectivity index (χ2n) is 7.02. The number of aliphatic hydroxyl groups is 1. The summed E-state index contributed by atoms with van der Waals surface area (Å²) in [5.41, 5.74) is -0.691. The maximum atomic E-state index is 12.4. The summed E-state index contributed by atoms with van der Waals surface area (Å²) in [7, 11) is 0. The van der Waals surface area contributed by atoms with Crippen LogP contribution in [0.15, 0.2) is 0 Å². The van der Waals surface area contributed by atoms with Crippen LogP contribution < -0.4 is 0 Å². The Hall–Kier alpha value is -0.690. The van der Waals surface area contributed by atoms with Crippen LogP contribution in [0.2, 0.25) is 0 Å². The van der Waals surface area contributed by atoms with Crippen molar-refractivity contribution in [2.24, 2.45) is 0 Å². The number of amides is 1. The third-order valence-electron chi connectivity index (χ3n) is 4.20. The smallest absolute Gasteiger partial charge is 0.251 e. The van der Waals surface area contributed by atoms with E-state index in [2.05, 4.69) is 4.90 Å². The fraction of sp³-hybridized carbons (Fsp3) is 0.938. The molecular weight excluding hydrogens is 284 g/mol. The Morgan fingerprint density at radius 2 is 2.05 bits per heavy atom. The second-order valence-corrected chi connectivity index (χ2v) is 7.02. The minimum atomic E-state index is -0.691. The first-order valence-corrected chi connectivity index (χ1v) is 8.32. The van der Waals surface area contributed by atoms with Crippen molar-refractivity contribution in [3.8, 4) is 0 Å². The van der Waals surface area contributed by atoms with Crippen molar-refractivity contribution in [2.75, 3.05) is 45.9 Å². The zero-order valence-corrected chi connectivity index (χ0v) is 14.1. The standard InChI is InChI=1S/C16H30N2O4/c1-13(22-11-14-5-4-10-21-14)15(19)18-8-6-17(7-9-18)12-16(2,3)20/h13-14,20H,4-12H2,1-3H3/t13-,14-/m1/s1. The third kappa shape index (κ3) is 5.50. The Kier molecular flexibility index (Phi) is 6.20. The van der Waals surface area contributed by atoms with Gasteiger partial charge >= 0.3 is 0 Å². The van der Waals surface area contributed by atoms with Crippen LogP contribution in [-0.4, -0.2) is 84.6 Å². The van der Waals surface area contributed by atoms with E-state index >= 15 is 0 Å². The normalized spacial score (nSPS) is 25.5. The predicted molar refractivity (Wildman–Crippen MR) is 83.7 cm³/mol. The number of nitrogens with zero attached hydrogens (tertiary/aromatic N) is 2. The van der Waals surface area contributed by atoms with E-state index in [1.807, 2.05) is 25.7 Å². The van der Waals surface area contributed by atoms with E-state index < -0.39 is 11.7 Å². The van der Waals surface area contributed by atoms with Crippen LogP contribution in [0.25, 0.3) is 0 Å². The Bertz CT molecular complexity index is 356. The van der Waals surface area contributed by atoms with Crippen LogP contribution in [0.5, 0.6) is 0 Å². The lowest BCUT2D eigenvalue weighted by Crippen LogP contribution is -2.53. The van der Waals surface area contributed by atoms with Crippen molar-refractivity contribution in [1.29, 1.82) is 0 Å². The highest BCUT2D eigenvalue weighted by molar-refractivity contribution is 5.80.